The maximum Gasteiger partial charge on any atom is 0.219 e. The smallest absolute Gasteiger partial charge is 0.219 e. The molecule has 0 aliphatic heterocycles. The van der Waals surface area contributed by atoms with Crippen molar-refractivity contribution in [2.45, 2.75) is 19.4 Å². The number of nitrogen functional groups attached to an aromatic ring is 1. The summed E-state index contributed by atoms with van der Waals surface area (Å²) in [5, 5.41) is 0. The van der Waals surface area contributed by atoms with Crippen molar-refractivity contribution < 1.29 is 4.79 Å². The summed E-state index contributed by atoms with van der Waals surface area (Å²) in [6, 6.07) is 1.66. The van der Waals surface area contributed by atoms with Crippen LogP contribution in [-0.4, -0.2) is 20.4 Å². The van der Waals surface area contributed by atoms with Gasteiger partial charge in [-0.3, -0.25) is 9.36 Å². The zero-order valence-corrected chi connectivity index (χ0v) is 10.8. The van der Waals surface area contributed by atoms with Gasteiger partial charge in [-0.2, -0.15) is 0 Å². The summed E-state index contributed by atoms with van der Waals surface area (Å²) in [5.74, 6) is -0.0461. The standard InChI is InChI=1S/C10H12BrN5O/c1-5(2-8(12)17)16-9-7(15-10(16)13)3-6(11)4-14-9/h3-5H,2H2,1H3,(H2,12,17)(H2,13,15). The number of primary amides is 1. The molecular weight excluding hydrogens is 286 g/mol. The summed E-state index contributed by atoms with van der Waals surface area (Å²) >= 11 is 3.32. The molecule has 0 bridgehead atoms. The van der Waals surface area contributed by atoms with Crippen LogP contribution in [0.5, 0.6) is 0 Å². The number of imidazole rings is 1. The largest absolute Gasteiger partial charge is 0.370 e. The predicted molar refractivity (Wildman–Crippen MR) is 68.2 cm³/mol. The van der Waals surface area contributed by atoms with Crippen LogP contribution in [0.1, 0.15) is 19.4 Å². The van der Waals surface area contributed by atoms with Crippen LogP contribution in [-0.2, 0) is 4.79 Å². The number of aromatic nitrogens is 3. The number of hydrogen-bond donors (Lipinski definition) is 2. The Bertz CT molecular complexity index is 579. The SMILES string of the molecule is CC(CC(N)=O)n1c(N)nc2cc(Br)cnc21. The van der Waals surface area contributed by atoms with E-state index in [9.17, 15) is 4.79 Å². The van der Waals surface area contributed by atoms with Gasteiger partial charge in [0.1, 0.15) is 5.52 Å². The van der Waals surface area contributed by atoms with Gasteiger partial charge in [0.05, 0.1) is 0 Å². The fourth-order valence-corrected chi connectivity index (χ4v) is 2.11. The molecule has 2 rings (SSSR count). The Balaban J connectivity index is 2.53. The molecule has 90 valence electrons. The maximum absolute atomic E-state index is 10.9. The molecule has 1 atom stereocenters. The number of rotatable bonds is 3. The number of carbonyl (C=O) groups is 1. The first kappa shape index (κ1) is 11.8. The lowest BCUT2D eigenvalue weighted by Gasteiger charge is -2.13. The molecule has 0 spiro atoms. The summed E-state index contributed by atoms with van der Waals surface area (Å²) in [7, 11) is 0. The lowest BCUT2D eigenvalue weighted by molar-refractivity contribution is -0.118. The van der Waals surface area contributed by atoms with Gasteiger partial charge in [-0.25, -0.2) is 9.97 Å². The average Bonchev–Trinajstić information content (AvgIpc) is 2.51. The Morgan fingerprint density at radius 2 is 2.35 bits per heavy atom. The second-order valence-electron chi connectivity index (χ2n) is 3.86. The summed E-state index contributed by atoms with van der Waals surface area (Å²) in [6.07, 6.45) is 1.87. The quantitative estimate of drug-likeness (QED) is 0.889. The highest BCUT2D eigenvalue weighted by Crippen LogP contribution is 2.24. The van der Waals surface area contributed by atoms with Crippen LogP contribution < -0.4 is 11.5 Å². The Morgan fingerprint density at radius 3 is 3.00 bits per heavy atom. The minimum absolute atomic E-state index is 0.161. The molecule has 0 fully saturated rings. The molecule has 0 aliphatic carbocycles. The Hall–Kier alpha value is -1.63. The number of nitrogens with two attached hydrogens (primary N) is 2. The molecule has 7 heteroatoms. The molecule has 4 N–H and O–H groups in total. The van der Waals surface area contributed by atoms with Crippen molar-refractivity contribution in [2.24, 2.45) is 5.73 Å². The van der Waals surface area contributed by atoms with Gasteiger partial charge < -0.3 is 11.5 Å². The minimum Gasteiger partial charge on any atom is -0.370 e. The number of hydrogen-bond acceptors (Lipinski definition) is 4. The molecule has 2 aromatic rings. The second kappa shape index (κ2) is 4.33. The third kappa shape index (κ3) is 2.23. The molecule has 0 saturated heterocycles. The molecule has 0 saturated carbocycles. The van der Waals surface area contributed by atoms with Gasteiger partial charge >= 0.3 is 0 Å². The number of amides is 1. The van der Waals surface area contributed by atoms with Gasteiger partial charge in [0.25, 0.3) is 0 Å². The molecule has 2 heterocycles. The van der Waals surface area contributed by atoms with Gasteiger partial charge in [-0.15, -0.1) is 0 Å². The van der Waals surface area contributed by atoms with E-state index in [4.69, 9.17) is 11.5 Å². The van der Waals surface area contributed by atoms with E-state index in [0.29, 0.717) is 17.1 Å². The van der Waals surface area contributed by atoms with Crippen molar-refractivity contribution in [3.05, 3.63) is 16.7 Å². The number of halogens is 1. The van der Waals surface area contributed by atoms with Crippen molar-refractivity contribution >= 4 is 38.9 Å². The first-order valence-electron chi connectivity index (χ1n) is 5.06. The van der Waals surface area contributed by atoms with E-state index < -0.39 is 0 Å². The summed E-state index contributed by atoms with van der Waals surface area (Å²) in [4.78, 5) is 19.4. The molecule has 17 heavy (non-hydrogen) atoms. The first-order valence-corrected chi connectivity index (χ1v) is 5.85. The highest BCUT2D eigenvalue weighted by atomic mass is 79.9. The summed E-state index contributed by atoms with van der Waals surface area (Å²) < 4.78 is 2.55. The van der Waals surface area contributed by atoms with Crippen LogP contribution in [0.2, 0.25) is 0 Å². The highest BCUT2D eigenvalue weighted by molar-refractivity contribution is 9.10. The molecular formula is C10H12BrN5O. The van der Waals surface area contributed by atoms with Crippen molar-refractivity contribution in [1.82, 2.24) is 14.5 Å². The number of anilines is 1. The van der Waals surface area contributed by atoms with Crippen LogP contribution in [0.4, 0.5) is 5.95 Å². The van der Waals surface area contributed by atoms with E-state index in [1.165, 1.54) is 0 Å². The maximum atomic E-state index is 10.9. The predicted octanol–water partition coefficient (Wildman–Crippen LogP) is 1.21. The van der Waals surface area contributed by atoms with Gasteiger partial charge in [-0.05, 0) is 28.9 Å². The van der Waals surface area contributed by atoms with E-state index in [0.717, 1.165) is 4.47 Å². The second-order valence-corrected chi connectivity index (χ2v) is 4.77. The third-order valence-corrected chi connectivity index (χ3v) is 2.89. The van der Waals surface area contributed by atoms with E-state index in [1.54, 1.807) is 10.8 Å². The zero-order chi connectivity index (χ0) is 12.6. The number of carbonyl (C=O) groups excluding carboxylic acids is 1. The van der Waals surface area contributed by atoms with Crippen molar-refractivity contribution in [3.8, 4) is 0 Å². The van der Waals surface area contributed by atoms with E-state index >= 15 is 0 Å². The van der Waals surface area contributed by atoms with E-state index in [2.05, 4.69) is 25.9 Å². The Kier molecular flexibility index (Phi) is 3.01. The zero-order valence-electron chi connectivity index (χ0n) is 9.22. The molecule has 2 aromatic heterocycles. The monoisotopic (exact) mass is 297 g/mol. The summed E-state index contributed by atoms with van der Waals surface area (Å²) in [5.41, 5.74) is 12.3. The van der Waals surface area contributed by atoms with E-state index in [-0.39, 0.29) is 18.4 Å². The van der Waals surface area contributed by atoms with Gasteiger partial charge in [0.15, 0.2) is 5.65 Å². The molecule has 1 unspecified atom stereocenters. The highest BCUT2D eigenvalue weighted by Gasteiger charge is 2.16. The normalized spacial score (nSPS) is 12.8. The third-order valence-electron chi connectivity index (χ3n) is 2.46. The Morgan fingerprint density at radius 1 is 1.65 bits per heavy atom. The molecule has 0 aliphatic rings. The average molecular weight is 298 g/mol. The van der Waals surface area contributed by atoms with Crippen molar-refractivity contribution in [2.75, 3.05) is 5.73 Å². The van der Waals surface area contributed by atoms with Crippen LogP contribution in [0.3, 0.4) is 0 Å². The number of fused-ring (bicyclic) bond motifs is 1. The fraction of sp³-hybridized carbons (Fsp3) is 0.300. The van der Waals surface area contributed by atoms with Gasteiger partial charge in [-0.1, -0.05) is 0 Å². The van der Waals surface area contributed by atoms with Crippen LogP contribution in [0.15, 0.2) is 16.7 Å². The molecule has 0 aromatic carbocycles. The summed E-state index contributed by atoms with van der Waals surface area (Å²) in [6.45, 7) is 1.85. The van der Waals surface area contributed by atoms with Crippen LogP contribution >= 0.6 is 15.9 Å². The Labute approximate surface area is 106 Å². The number of nitrogens with zero attached hydrogens (tertiary/aromatic N) is 3. The fourth-order valence-electron chi connectivity index (χ4n) is 1.79. The van der Waals surface area contributed by atoms with Gasteiger partial charge in [0, 0.05) is 23.1 Å². The molecule has 0 radical (unpaired) electrons. The topological polar surface area (TPSA) is 99.8 Å². The minimum atomic E-state index is -0.379. The van der Waals surface area contributed by atoms with Crippen molar-refractivity contribution in [3.63, 3.8) is 0 Å². The molecule has 6 nitrogen and oxygen atoms in total. The molecule has 1 amide bonds. The lowest BCUT2D eigenvalue weighted by atomic mass is 10.2. The first-order chi connectivity index (χ1) is 7.99. The lowest BCUT2D eigenvalue weighted by Crippen LogP contribution is -2.18. The van der Waals surface area contributed by atoms with Crippen LogP contribution in [0, 0.1) is 0 Å². The van der Waals surface area contributed by atoms with Gasteiger partial charge in [0.2, 0.25) is 11.9 Å². The van der Waals surface area contributed by atoms with Crippen molar-refractivity contribution in [1.29, 1.82) is 0 Å². The van der Waals surface area contributed by atoms with Crippen LogP contribution in [0.25, 0.3) is 11.2 Å². The number of pyridine rings is 1. The van der Waals surface area contributed by atoms with E-state index in [1.807, 2.05) is 13.0 Å².